The monoisotopic (exact) mass is 361 g/mol. The van der Waals surface area contributed by atoms with E-state index in [1.807, 2.05) is 12.3 Å². The van der Waals surface area contributed by atoms with Crippen LogP contribution in [0.4, 0.5) is 11.4 Å². The molecule has 1 saturated heterocycles. The highest BCUT2D eigenvalue weighted by Gasteiger charge is 2.13. The molecule has 0 radical (unpaired) electrons. The second-order valence-electron chi connectivity index (χ2n) is 7.16. The Bertz CT molecular complexity index is 810. The molecule has 1 fully saturated rings. The number of anilines is 2. The van der Waals surface area contributed by atoms with E-state index in [1.54, 1.807) is 0 Å². The van der Waals surface area contributed by atoms with Crippen molar-refractivity contribution in [2.24, 2.45) is 4.99 Å². The van der Waals surface area contributed by atoms with Crippen molar-refractivity contribution in [2.45, 2.75) is 6.42 Å². The van der Waals surface area contributed by atoms with Crippen LogP contribution >= 0.6 is 0 Å². The van der Waals surface area contributed by atoms with E-state index < -0.39 is 0 Å². The van der Waals surface area contributed by atoms with Crippen molar-refractivity contribution in [1.82, 2.24) is 10.2 Å². The van der Waals surface area contributed by atoms with E-state index in [4.69, 9.17) is 0 Å². The van der Waals surface area contributed by atoms with Crippen LogP contribution in [-0.4, -0.2) is 50.6 Å². The van der Waals surface area contributed by atoms with E-state index in [2.05, 4.69) is 81.0 Å². The van der Waals surface area contributed by atoms with Crippen LogP contribution in [0.3, 0.4) is 0 Å². The Balaban J connectivity index is 1.35. The minimum Gasteiger partial charge on any atom is -0.370 e. The van der Waals surface area contributed by atoms with Crippen LogP contribution in [0.2, 0.25) is 0 Å². The summed E-state index contributed by atoms with van der Waals surface area (Å²) >= 11 is 0. The molecule has 0 saturated carbocycles. The third-order valence-corrected chi connectivity index (χ3v) is 5.15. The molecular weight excluding hydrogens is 334 g/mol. The highest BCUT2D eigenvalue weighted by atomic mass is 15.2. The van der Waals surface area contributed by atoms with Gasteiger partial charge in [-0.15, -0.1) is 0 Å². The maximum absolute atomic E-state index is 4.63. The summed E-state index contributed by atoms with van der Waals surface area (Å²) in [5, 5.41) is 6.64. The van der Waals surface area contributed by atoms with Crippen LogP contribution in [0.1, 0.15) is 12.0 Å². The van der Waals surface area contributed by atoms with Crippen LogP contribution in [-0.2, 0) is 0 Å². The first kappa shape index (κ1) is 17.6. The fraction of sp³-hybridized carbons (Fsp3) is 0.318. The van der Waals surface area contributed by atoms with E-state index >= 15 is 0 Å². The molecule has 2 aliphatic heterocycles. The molecule has 0 aromatic heterocycles. The number of benzene rings is 2. The molecule has 0 amide bonds. The Hall–Kier alpha value is -2.79. The molecule has 4 rings (SSSR count). The first-order chi connectivity index (χ1) is 13.3. The van der Waals surface area contributed by atoms with Gasteiger partial charge in [-0.05, 0) is 55.4 Å². The molecule has 2 aromatic carbocycles. The number of aliphatic imine (C=N–C) groups is 1. The topological polar surface area (TPSA) is 42.9 Å². The lowest BCUT2D eigenvalue weighted by molar-refractivity contribution is 0.360. The molecule has 2 aromatic rings. The van der Waals surface area contributed by atoms with E-state index in [0.717, 1.165) is 31.3 Å². The average molecular weight is 361 g/mol. The lowest BCUT2D eigenvalue weighted by Gasteiger charge is -2.23. The Morgan fingerprint density at radius 1 is 0.926 bits per heavy atom. The summed E-state index contributed by atoms with van der Waals surface area (Å²) in [5.41, 5.74) is 4.75. The summed E-state index contributed by atoms with van der Waals surface area (Å²) in [7, 11) is 2.20. The van der Waals surface area contributed by atoms with Gasteiger partial charge in [0.25, 0.3) is 0 Å². The molecule has 5 heteroatoms. The normalized spacial score (nSPS) is 18.2. The summed E-state index contributed by atoms with van der Waals surface area (Å²) in [4.78, 5) is 9.50. The second-order valence-corrected chi connectivity index (χ2v) is 7.16. The molecule has 0 unspecified atom stereocenters. The number of guanidine groups is 1. The van der Waals surface area contributed by atoms with Crippen LogP contribution < -0.4 is 15.5 Å². The SMILES string of the molecule is CN1CCCN(c2ccc(NC3=NCC(c4ccccc4)=CN3)cc2)CC1. The Morgan fingerprint density at radius 3 is 2.48 bits per heavy atom. The average Bonchev–Trinajstić information content (AvgIpc) is 2.94. The molecule has 27 heavy (non-hydrogen) atoms. The van der Waals surface area contributed by atoms with E-state index in [1.165, 1.54) is 29.8 Å². The lowest BCUT2D eigenvalue weighted by Crippen LogP contribution is -2.30. The predicted octanol–water partition coefficient (Wildman–Crippen LogP) is 3.24. The second kappa shape index (κ2) is 8.27. The van der Waals surface area contributed by atoms with Crippen molar-refractivity contribution < 1.29 is 0 Å². The summed E-state index contributed by atoms with van der Waals surface area (Å²) < 4.78 is 0. The molecule has 2 N–H and O–H groups in total. The van der Waals surface area contributed by atoms with Crippen LogP contribution in [0.25, 0.3) is 5.57 Å². The van der Waals surface area contributed by atoms with Gasteiger partial charge in [-0.25, -0.2) is 4.99 Å². The van der Waals surface area contributed by atoms with Gasteiger partial charge in [0.2, 0.25) is 0 Å². The van der Waals surface area contributed by atoms with Gasteiger partial charge in [-0.3, -0.25) is 0 Å². The Labute approximate surface area is 161 Å². The number of nitrogens with one attached hydrogen (secondary N) is 2. The zero-order chi connectivity index (χ0) is 18.5. The highest BCUT2D eigenvalue weighted by Crippen LogP contribution is 2.20. The molecule has 0 atom stereocenters. The minimum atomic E-state index is 0.679. The molecule has 0 aliphatic carbocycles. The van der Waals surface area contributed by atoms with Gasteiger partial charge < -0.3 is 20.4 Å². The standard InChI is InChI=1S/C22H27N5/c1-26-12-5-13-27(15-14-26)21-10-8-20(9-11-21)25-22-23-16-19(17-24-22)18-6-3-2-4-7-18/h2-4,6-11,16H,5,12-15,17H2,1H3,(H2,23,24,25). The maximum Gasteiger partial charge on any atom is 0.200 e. The quantitative estimate of drug-likeness (QED) is 0.881. The number of rotatable bonds is 3. The molecular formula is C22H27N5. The molecule has 140 valence electrons. The zero-order valence-electron chi connectivity index (χ0n) is 15.9. The van der Waals surface area contributed by atoms with Gasteiger partial charge in [-0.1, -0.05) is 30.3 Å². The molecule has 2 heterocycles. The van der Waals surface area contributed by atoms with Gasteiger partial charge in [-0.2, -0.15) is 0 Å². The molecule has 5 nitrogen and oxygen atoms in total. The highest BCUT2D eigenvalue weighted by molar-refractivity contribution is 5.97. The summed E-state index contributed by atoms with van der Waals surface area (Å²) in [6, 6.07) is 19.0. The van der Waals surface area contributed by atoms with Crippen LogP contribution in [0, 0.1) is 0 Å². The summed E-state index contributed by atoms with van der Waals surface area (Å²) in [5.74, 6) is 0.791. The lowest BCUT2D eigenvalue weighted by atomic mass is 10.1. The number of nitrogens with zero attached hydrogens (tertiary/aromatic N) is 3. The van der Waals surface area contributed by atoms with E-state index in [9.17, 15) is 0 Å². The van der Waals surface area contributed by atoms with Gasteiger partial charge in [0.05, 0.1) is 6.54 Å². The maximum atomic E-state index is 4.63. The van der Waals surface area contributed by atoms with E-state index in [-0.39, 0.29) is 0 Å². The van der Waals surface area contributed by atoms with Gasteiger partial charge in [0, 0.05) is 37.2 Å². The molecule has 2 aliphatic rings. The fourth-order valence-electron chi connectivity index (χ4n) is 3.51. The van der Waals surface area contributed by atoms with Crippen molar-refractivity contribution in [3.63, 3.8) is 0 Å². The van der Waals surface area contributed by atoms with E-state index in [0.29, 0.717) is 6.54 Å². The van der Waals surface area contributed by atoms with Crippen molar-refractivity contribution in [2.75, 3.05) is 50.0 Å². The third-order valence-electron chi connectivity index (χ3n) is 5.15. The van der Waals surface area contributed by atoms with Crippen LogP contribution in [0.5, 0.6) is 0 Å². The molecule has 0 spiro atoms. The first-order valence-corrected chi connectivity index (χ1v) is 9.64. The van der Waals surface area contributed by atoms with Crippen molar-refractivity contribution in [3.8, 4) is 0 Å². The number of likely N-dealkylation sites (N-methyl/N-ethyl adjacent to an activating group) is 1. The Morgan fingerprint density at radius 2 is 1.74 bits per heavy atom. The molecule has 0 bridgehead atoms. The van der Waals surface area contributed by atoms with Gasteiger partial charge in [0.1, 0.15) is 0 Å². The van der Waals surface area contributed by atoms with Crippen molar-refractivity contribution in [1.29, 1.82) is 0 Å². The van der Waals surface area contributed by atoms with Gasteiger partial charge in [0.15, 0.2) is 5.96 Å². The van der Waals surface area contributed by atoms with Crippen molar-refractivity contribution >= 4 is 22.9 Å². The summed E-state index contributed by atoms with van der Waals surface area (Å²) in [6.45, 7) is 5.19. The summed E-state index contributed by atoms with van der Waals surface area (Å²) in [6.07, 6.45) is 3.25. The number of hydrogen-bond donors (Lipinski definition) is 2. The minimum absolute atomic E-state index is 0.679. The zero-order valence-corrected chi connectivity index (χ0v) is 15.9. The third kappa shape index (κ3) is 4.49. The van der Waals surface area contributed by atoms with Crippen LogP contribution in [0.15, 0.2) is 65.8 Å². The fourth-order valence-corrected chi connectivity index (χ4v) is 3.51. The first-order valence-electron chi connectivity index (χ1n) is 9.64. The van der Waals surface area contributed by atoms with Crippen molar-refractivity contribution in [3.05, 3.63) is 66.4 Å². The number of hydrogen-bond acceptors (Lipinski definition) is 5. The Kier molecular flexibility index (Phi) is 5.39. The van der Waals surface area contributed by atoms with Gasteiger partial charge >= 0.3 is 0 Å². The largest absolute Gasteiger partial charge is 0.370 e. The predicted molar refractivity (Wildman–Crippen MR) is 114 cm³/mol. The smallest absolute Gasteiger partial charge is 0.200 e.